The maximum atomic E-state index is 12.3. The summed E-state index contributed by atoms with van der Waals surface area (Å²) in [6, 6.07) is 32.5. The third-order valence-corrected chi connectivity index (χ3v) is 6.00. The van der Waals surface area contributed by atoms with E-state index >= 15 is 0 Å². The van der Waals surface area contributed by atoms with Gasteiger partial charge in [-0.05, 0) is 53.6 Å². The van der Waals surface area contributed by atoms with E-state index in [1.165, 1.54) is 0 Å². The number of benzene rings is 4. The summed E-state index contributed by atoms with van der Waals surface area (Å²) in [5.41, 5.74) is 5.61. The summed E-state index contributed by atoms with van der Waals surface area (Å²) < 4.78 is 5.91. The lowest BCUT2D eigenvalue weighted by molar-refractivity contribution is -0.116. The molecule has 4 aromatic carbocycles. The number of hydrogen-bond donors (Lipinski definition) is 4. The zero-order chi connectivity index (χ0) is 26.9. The summed E-state index contributed by atoms with van der Waals surface area (Å²) in [5, 5.41) is 12.1. The second kappa shape index (κ2) is 12.6. The lowest BCUT2D eigenvalue weighted by atomic mass is 10.2. The van der Waals surface area contributed by atoms with Crippen LogP contribution in [0.2, 0.25) is 0 Å². The van der Waals surface area contributed by atoms with E-state index in [1.54, 1.807) is 18.2 Å². The fourth-order valence-electron chi connectivity index (χ4n) is 4.07. The molecule has 5 rings (SSSR count). The normalized spacial score (nSPS) is 10.9. The average molecular weight is 520 g/mol. The molecule has 4 N–H and O–H groups in total. The number of hydrogen-bond acceptors (Lipinski definition) is 6. The Morgan fingerprint density at radius 3 is 1.77 bits per heavy atom. The maximum absolute atomic E-state index is 12.3. The first-order valence-electron chi connectivity index (χ1n) is 12.7. The van der Waals surface area contributed by atoms with Crippen molar-refractivity contribution < 1.29 is 14.0 Å². The second-order valence-electron chi connectivity index (χ2n) is 9.05. The van der Waals surface area contributed by atoms with Crippen LogP contribution in [0.4, 0.5) is 11.4 Å². The second-order valence-corrected chi connectivity index (χ2v) is 9.05. The first kappa shape index (κ1) is 25.8. The fourth-order valence-corrected chi connectivity index (χ4v) is 4.07. The molecule has 0 spiro atoms. The van der Waals surface area contributed by atoms with Crippen molar-refractivity contribution in [2.75, 3.05) is 23.7 Å². The van der Waals surface area contributed by atoms with Crippen LogP contribution in [-0.2, 0) is 22.7 Å². The highest BCUT2D eigenvalue weighted by atomic mass is 16.3. The number of nitrogens with one attached hydrogen (secondary N) is 4. The molecule has 0 aliphatic heterocycles. The number of aromatic nitrogens is 1. The fraction of sp³-hybridized carbons (Fsp3) is 0.129. The highest BCUT2D eigenvalue weighted by molar-refractivity contribution is 5.94. The van der Waals surface area contributed by atoms with Crippen molar-refractivity contribution >= 4 is 34.3 Å². The number of amides is 2. The van der Waals surface area contributed by atoms with Gasteiger partial charge in [0, 0.05) is 30.0 Å². The minimum atomic E-state index is -0.137. The molecule has 8 heteroatoms. The van der Waals surface area contributed by atoms with E-state index in [4.69, 9.17) is 4.42 Å². The number of rotatable bonds is 11. The molecular formula is C31H29N5O3. The summed E-state index contributed by atoms with van der Waals surface area (Å²) in [6.07, 6.45) is 0. The van der Waals surface area contributed by atoms with Crippen LogP contribution >= 0.6 is 0 Å². The number of carbonyl (C=O) groups excluding carboxylic acids is 2. The highest BCUT2D eigenvalue weighted by Crippen LogP contribution is 2.27. The van der Waals surface area contributed by atoms with Crippen LogP contribution in [0, 0.1) is 0 Å². The first-order valence-corrected chi connectivity index (χ1v) is 12.7. The molecule has 0 saturated carbocycles. The van der Waals surface area contributed by atoms with Crippen molar-refractivity contribution in [3.63, 3.8) is 0 Å². The quantitative estimate of drug-likeness (QED) is 0.197. The molecule has 39 heavy (non-hydrogen) atoms. The van der Waals surface area contributed by atoms with Gasteiger partial charge in [-0.3, -0.25) is 9.59 Å². The Morgan fingerprint density at radius 2 is 1.18 bits per heavy atom. The van der Waals surface area contributed by atoms with E-state index in [2.05, 4.69) is 26.3 Å². The minimum Gasteiger partial charge on any atom is -0.436 e. The summed E-state index contributed by atoms with van der Waals surface area (Å²) in [6.45, 7) is 1.65. The average Bonchev–Trinajstić information content (AvgIpc) is 3.38. The van der Waals surface area contributed by atoms with Gasteiger partial charge < -0.3 is 25.7 Å². The molecule has 0 unspecified atom stereocenters. The van der Waals surface area contributed by atoms with Crippen LogP contribution in [0.15, 0.2) is 108 Å². The largest absolute Gasteiger partial charge is 0.436 e. The smallest absolute Gasteiger partial charge is 0.238 e. The van der Waals surface area contributed by atoms with Crippen molar-refractivity contribution in [3.05, 3.63) is 114 Å². The summed E-state index contributed by atoms with van der Waals surface area (Å²) in [4.78, 5) is 29.2. The molecule has 0 aliphatic rings. The van der Waals surface area contributed by atoms with Crippen molar-refractivity contribution in [1.82, 2.24) is 15.6 Å². The minimum absolute atomic E-state index is 0.120. The molecular weight excluding hydrogens is 490 g/mol. The van der Waals surface area contributed by atoms with Gasteiger partial charge in [0.05, 0.1) is 13.1 Å². The van der Waals surface area contributed by atoms with Gasteiger partial charge in [-0.1, -0.05) is 60.7 Å². The number of oxazole rings is 1. The van der Waals surface area contributed by atoms with Gasteiger partial charge in [0.1, 0.15) is 5.52 Å². The Labute approximate surface area is 226 Å². The van der Waals surface area contributed by atoms with Crippen molar-refractivity contribution in [2.45, 2.75) is 13.1 Å². The lowest BCUT2D eigenvalue weighted by Gasteiger charge is -2.07. The highest BCUT2D eigenvalue weighted by Gasteiger charge is 2.11. The van der Waals surface area contributed by atoms with Crippen molar-refractivity contribution in [3.8, 4) is 11.5 Å². The third kappa shape index (κ3) is 7.38. The van der Waals surface area contributed by atoms with Crippen LogP contribution in [0.3, 0.4) is 0 Å². The van der Waals surface area contributed by atoms with E-state index in [-0.39, 0.29) is 24.9 Å². The molecule has 5 aromatic rings. The van der Waals surface area contributed by atoms with E-state index in [0.717, 1.165) is 16.7 Å². The Morgan fingerprint density at radius 1 is 0.641 bits per heavy atom. The first-order chi connectivity index (χ1) is 19.1. The number of carbonyl (C=O) groups is 2. The summed E-state index contributed by atoms with van der Waals surface area (Å²) in [5.74, 6) is 0.202. The van der Waals surface area contributed by atoms with Gasteiger partial charge in [-0.15, -0.1) is 0 Å². The van der Waals surface area contributed by atoms with Crippen LogP contribution in [0.1, 0.15) is 11.1 Å². The Bertz CT molecular complexity index is 1530. The zero-order valence-corrected chi connectivity index (χ0v) is 21.3. The number of fused-ring (bicyclic) bond motifs is 1. The monoisotopic (exact) mass is 519 g/mol. The molecule has 1 heterocycles. The van der Waals surface area contributed by atoms with E-state index in [1.807, 2.05) is 84.9 Å². The number of anilines is 2. The van der Waals surface area contributed by atoms with Crippen LogP contribution in [0.5, 0.6) is 0 Å². The van der Waals surface area contributed by atoms with Gasteiger partial charge in [0.2, 0.25) is 17.7 Å². The molecule has 0 atom stereocenters. The van der Waals surface area contributed by atoms with Crippen LogP contribution in [-0.4, -0.2) is 29.9 Å². The molecule has 0 bridgehead atoms. The van der Waals surface area contributed by atoms with Crippen LogP contribution < -0.4 is 21.3 Å². The molecule has 1 aromatic heterocycles. The Kier molecular flexibility index (Phi) is 8.38. The van der Waals surface area contributed by atoms with Crippen LogP contribution in [0.25, 0.3) is 22.6 Å². The van der Waals surface area contributed by atoms with E-state index < -0.39 is 0 Å². The van der Waals surface area contributed by atoms with Gasteiger partial charge in [-0.25, -0.2) is 4.98 Å². The van der Waals surface area contributed by atoms with E-state index in [0.29, 0.717) is 41.5 Å². The number of nitrogens with zero attached hydrogens (tertiary/aromatic N) is 1. The zero-order valence-electron chi connectivity index (χ0n) is 21.3. The summed E-state index contributed by atoms with van der Waals surface area (Å²) >= 11 is 0. The lowest BCUT2D eigenvalue weighted by Crippen LogP contribution is -2.27. The molecule has 0 aliphatic carbocycles. The topological polar surface area (TPSA) is 108 Å². The Hall–Kier alpha value is -4.79. The van der Waals surface area contributed by atoms with Gasteiger partial charge in [0.25, 0.3) is 0 Å². The molecule has 0 fully saturated rings. The standard InChI is InChI=1S/C31H29N5O3/c37-29(20-32-18-22-7-3-1-4-8-22)34-25-13-11-24(12-14-25)31-36-27-17-26(15-16-28(27)39-31)35-30(38)21-33-19-23-9-5-2-6-10-23/h1-17,32-33H,18-21H2,(H,34,37)(H,35,38). The molecule has 8 nitrogen and oxygen atoms in total. The third-order valence-electron chi connectivity index (χ3n) is 6.00. The van der Waals surface area contributed by atoms with Gasteiger partial charge >= 0.3 is 0 Å². The molecule has 196 valence electrons. The maximum Gasteiger partial charge on any atom is 0.238 e. The van der Waals surface area contributed by atoms with Crippen molar-refractivity contribution in [1.29, 1.82) is 0 Å². The predicted octanol–water partition coefficient (Wildman–Crippen LogP) is 4.95. The predicted molar refractivity (Wildman–Crippen MR) is 153 cm³/mol. The van der Waals surface area contributed by atoms with Gasteiger partial charge in [0.15, 0.2) is 5.58 Å². The Balaban J connectivity index is 1.12. The molecule has 0 saturated heterocycles. The molecule has 2 amide bonds. The SMILES string of the molecule is O=C(CNCc1ccccc1)Nc1ccc(-c2nc3cc(NC(=O)CNCc4ccccc4)ccc3o2)cc1. The van der Waals surface area contributed by atoms with Crippen molar-refractivity contribution in [2.24, 2.45) is 0 Å². The molecule has 0 radical (unpaired) electrons. The summed E-state index contributed by atoms with van der Waals surface area (Å²) in [7, 11) is 0. The van der Waals surface area contributed by atoms with Gasteiger partial charge in [-0.2, -0.15) is 0 Å². The van der Waals surface area contributed by atoms with E-state index in [9.17, 15) is 9.59 Å².